The summed E-state index contributed by atoms with van der Waals surface area (Å²) in [5.41, 5.74) is 0. The Hall–Kier alpha value is -0.860. The summed E-state index contributed by atoms with van der Waals surface area (Å²) >= 11 is 0. The van der Waals surface area contributed by atoms with Crippen molar-refractivity contribution in [3.63, 3.8) is 0 Å². The van der Waals surface area contributed by atoms with Gasteiger partial charge in [-0.1, -0.05) is 84.0 Å². The monoisotopic (exact) mass is 340 g/mol. The molecule has 24 heavy (non-hydrogen) atoms. The largest absolute Gasteiger partial charge is 0.481 e. The summed E-state index contributed by atoms with van der Waals surface area (Å²) in [5.74, 6) is -0.290. The molecule has 3 heteroatoms. The van der Waals surface area contributed by atoms with E-state index in [0.717, 1.165) is 51.4 Å². The van der Waals surface area contributed by atoms with Gasteiger partial charge >= 0.3 is 5.97 Å². The quantitative estimate of drug-likeness (QED) is 0.267. The molecule has 1 N–H and O–H groups in total. The highest BCUT2D eigenvalue weighted by Crippen LogP contribution is 2.13. The van der Waals surface area contributed by atoms with Crippen LogP contribution >= 0.6 is 0 Å². The Morgan fingerprint density at radius 1 is 0.542 bits per heavy atom. The maximum atomic E-state index is 11.8. The van der Waals surface area contributed by atoms with Crippen molar-refractivity contribution in [2.24, 2.45) is 0 Å². The number of carboxylic acid groups (broad SMARTS) is 1. The van der Waals surface area contributed by atoms with E-state index in [2.05, 4.69) is 6.92 Å². The Bertz CT molecular complexity index is 299. The summed E-state index contributed by atoms with van der Waals surface area (Å²) in [5, 5.41) is 8.54. The predicted octanol–water partition coefficient (Wildman–Crippen LogP) is 6.68. The van der Waals surface area contributed by atoms with E-state index in [1.54, 1.807) is 0 Å². The van der Waals surface area contributed by atoms with E-state index in [0.29, 0.717) is 5.78 Å². The SMILES string of the molecule is CCCCCCCCCCCCC(=O)CCCCCCCC(=O)O. The Labute approximate surface area is 149 Å². The lowest BCUT2D eigenvalue weighted by molar-refractivity contribution is -0.137. The standard InChI is InChI=1S/C21H40O3/c1-2-3-4-5-6-7-8-9-11-14-17-20(22)18-15-12-10-13-16-19-21(23)24/h2-19H2,1H3,(H,23,24). The van der Waals surface area contributed by atoms with Crippen molar-refractivity contribution in [2.75, 3.05) is 0 Å². The second-order valence-corrected chi connectivity index (χ2v) is 7.13. The Kier molecular flexibility index (Phi) is 17.8. The number of hydrogen-bond acceptors (Lipinski definition) is 2. The maximum Gasteiger partial charge on any atom is 0.303 e. The fourth-order valence-corrected chi connectivity index (χ4v) is 3.06. The molecule has 0 unspecified atom stereocenters. The highest BCUT2D eigenvalue weighted by molar-refractivity contribution is 5.78. The number of Topliss-reactive ketones (excluding diaryl/α,β-unsaturated/α-hetero) is 1. The van der Waals surface area contributed by atoms with Crippen LogP contribution in [0.4, 0.5) is 0 Å². The first-order valence-corrected chi connectivity index (χ1v) is 10.4. The first-order chi connectivity index (χ1) is 11.7. The molecule has 0 heterocycles. The third-order valence-corrected chi connectivity index (χ3v) is 4.66. The van der Waals surface area contributed by atoms with Gasteiger partial charge in [0, 0.05) is 19.3 Å². The van der Waals surface area contributed by atoms with Crippen molar-refractivity contribution in [3.05, 3.63) is 0 Å². The summed E-state index contributed by atoms with van der Waals surface area (Å²) in [4.78, 5) is 22.1. The maximum absolute atomic E-state index is 11.8. The van der Waals surface area contributed by atoms with Crippen LogP contribution in [0, 0.1) is 0 Å². The van der Waals surface area contributed by atoms with E-state index in [1.165, 1.54) is 57.8 Å². The smallest absolute Gasteiger partial charge is 0.303 e. The molecule has 0 aliphatic rings. The molecule has 0 fully saturated rings. The number of carbonyl (C=O) groups excluding carboxylic acids is 1. The Balaban J connectivity index is 3.17. The van der Waals surface area contributed by atoms with Crippen molar-refractivity contribution in [2.45, 2.75) is 122 Å². The Morgan fingerprint density at radius 3 is 1.25 bits per heavy atom. The molecule has 0 spiro atoms. The zero-order valence-electron chi connectivity index (χ0n) is 16.0. The topological polar surface area (TPSA) is 54.4 Å². The molecular weight excluding hydrogens is 300 g/mol. The molecule has 0 aliphatic heterocycles. The van der Waals surface area contributed by atoms with E-state index in [9.17, 15) is 9.59 Å². The van der Waals surface area contributed by atoms with Crippen LogP contribution in [0.2, 0.25) is 0 Å². The van der Waals surface area contributed by atoms with Gasteiger partial charge < -0.3 is 5.11 Å². The second-order valence-electron chi connectivity index (χ2n) is 7.13. The van der Waals surface area contributed by atoms with E-state index in [4.69, 9.17) is 5.11 Å². The van der Waals surface area contributed by atoms with Crippen molar-refractivity contribution >= 4 is 11.8 Å². The first kappa shape index (κ1) is 23.1. The number of unbranched alkanes of at least 4 members (excludes halogenated alkanes) is 13. The molecular formula is C21H40O3. The number of aliphatic carboxylic acids is 1. The van der Waals surface area contributed by atoms with Crippen molar-refractivity contribution in [1.29, 1.82) is 0 Å². The minimum atomic E-state index is -0.707. The number of carbonyl (C=O) groups is 2. The molecule has 0 rings (SSSR count). The van der Waals surface area contributed by atoms with Gasteiger partial charge in [0.1, 0.15) is 5.78 Å². The highest BCUT2D eigenvalue weighted by atomic mass is 16.4. The fourth-order valence-electron chi connectivity index (χ4n) is 3.06. The van der Waals surface area contributed by atoms with E-state index in [-0.39, 0.29) is 6.42 Å². The number of rotatable bonds is 19. The van der Waals surface area contributed by atoms with Gasteiger partial charge in [0.2, 0.25) is 0 Å². The second kappa shape index (κ2) is 18.5. The van der Waals surface area contributed by atoms with Crippen LogP contribution in [0.5, 0.6) is 0 Å². The molecule has 3 nitrogen and oxygen atoms in total. The van der Waals surface area contributed by atoms with Gasteiger partial charge in [-0.05, 0) is 19.3 Å². The van der Waals surface area contributed by atoms with Crippen LogP contribution in [0.15, 0.2) is 0 Å². The van der Waals surface area contributed by atoms with E-state index < -0.39 is 5.97 Å². The van der Waals surface area contributed by atoms with Crippen LogP contribution in [-0.2, 0) is 9.59 Å². The van der Waals surface area contributed by atoms with Crippen LogP contribution < -0.4 is 0 Å². The predicted molar refractivity (Wildman–Crippen MR) is 101 cm³/mol. The zero-order chi connectivity index (χ0) is 17.9. The van der Waals surface area contributed by atoms with Gasteiger partial charge in [-0.3, -0.25) is 9.59 Å². The van der Waals surface area contributed by atoms with Crippen molar-refractivity contribution < 1.29 is 14.7 Å². The average molecular weight is 341 g/mol. The summed E-state index contributed by atoms with van der Waals surface area (Å²) in [6.07, 6.45) is 19.7. The Morgan fingerprint density at radius 2 is 0.875 bits per heavy atom. The lowest BCUT2D eigenvalue weighted by Gasteiger charge is -2.03. The van der Waals surface area contributed by atoms with Crippen LogP contribution in [-0.4, -0.2) is 16.9 Å². The summed E-state index contributed by atoms with van der Waals surface area (Å²) in [6.45, 7) is 2.25. The fraction of sp³-hybridized carbons (Fsp3) is 0.905. The summed E-state index contributed by atoms with van der Waals surface area (Å²) in [6, 6.07) is 0. The van der Waals surface area contributed by atoms with Gasteiger partial charge in [0.25, 0.3) is 0 Å². The van der Waals surface area contributed by atoms with Gasteiger partial charge in [-0.15, -0.1) is 0 Å². The molecule has 0 atom stereocenters. The third kappa shape index (κ3) is 19.2. The van der Waals surface area contributed by atoms with E-state index >= 15 is 0 Å². The molecule has 142 valence electrons. The zero-order valence-corrected chi connectivity index (χ0v) is 16.0. The van der Waals surface area contributed by atoms with Gasteiger partial charge in [-0.25, -0.2) is 0 Å². The van der Waals surface area contributed by atoms with E-state index in [1.807, 2.05) is 0 Å². The molecule has 0 bridgehead atoms. The van der Waals surface area contributed by atoms with Crippen LogP contribution in [0.25, 0.3) is 0 Å². The molecule has 0 aliphatic carbocycles. The number of carboxylic acids is 1. The summed E-state index contributed by atoms with van der Waals surface area (Å²) < 4.78 is 0. The molecule has 0 saturated carbocycles. The van der Waals surface area contributed by atoms with Gasteiger partial charge in [0.05, 0.1) is 0 Å². The normalized spacial score (nSPS) is 10.9. The average Bonchev–Trinajstić information content (AvgIpc) is 2.55. The molecule has 0 aromatic rings. The van der Waals surface area contributed by atoms with Gasteiger partial charge in [0.15, 0.2) is 0 Å². The first-order valence-electron chi connectivity index (χ1n) is 10.4. The summed E-state index contributed by atoms with van der Waals surface area (Å²) in [7, 11) is 0. The van der Waals surface area contributed by atoms with Crippen molar-refractivity contribution in [3.8, 4) is 0 Å². The number of ketones is 1. The molecule has 0 aromatic heterocycles. The van der Waals surface area contributed by atoms with Crippen molar-refractivity contribution in [1.82, 2.24) is 0 Å². The molecule has 0 saturated heterocycles. The number of hydrogen-bond donors (Lipinski definition) is 1. The van der Waals surface area contributed by atoms with Crippen LogP contribution in [0.3, 0.4) is 0 Å². The van der Waals surface area contributed by atoms with Crippen LogP contribution in [0.1, 0.15) is 122 Å². The minimum absolute atomic E-state index is 0.275. The molecule has 0 amide bonds. The molecule has 0 aromatic carbocycles. The van der Waals surface area contributed by atoms with Gasteiger partial charge in [-0.2, -0.15) is 0 Å². The lowest BCUT2D eigenvalue weighted by atomic mass is 10.0. The minimum Gasteiger partial charge on any atom is -0.481 e. The molecule has 0 radical (unpaired) electrons. The third-order valence-electron chi connectivity index (χ3n) is 4.66. The lowest BCUT2D eigenvalue weighted by Crippen LogP contribution is -1.98. The highest BCUT2D eigenvalue weighted by Gasteiger charge is 2.02.